The number of unbranched alkanes of at least 4 members (excludes halogenated alkanes) is 51. The molecule has 0 aliphatic carbocycles. The van der Waals surface area contributed by atoms with E-state index in [2.05, 4.69) is 41.5 Å². The summed E-state index contributed by atoms with van der Waals surface area (Å²) in [5.41, 5.74) is 0. The Morgan fingerprint density at radius 1 is 0.284 bits per heavy atom. The smallest absolute Gasteiger partial charge is 0.462 e. The van der Waals surface area contributed by atoms with Crippen molar-refractivity contribution in [1.82, 2.24) is 0 Å². The third-order valence-corrected chi connectivity index (χ3v) is 21.7. The normalized spacial score (nSPS) is 14.1. The van der Waals surface area contributed by atoms with Crippen molar-refractivity contribution in [2.75, 3.05) is 39.6 Å². The predicted octanol–water partition coefficient (Wildman–Crippen LogP) is 25.1. The zero-order chi connectivity index (χ0) is 74.9. The number of ether oxygens (including phenoxy) is 4. The highest BCUT2D eigenvalue weighted by Crippen LogP contribution is 2.45. The van der Waals surface area contributed by atoms with E-state index < -0.39 is 97.5 Å². The first-order valence-electron chi connectivity index (χ1n) is 43.0. The van der Waals surface area contributed by atoms with Gasteiger partial charge in [0.25, 0.3) is 0 Å². The van der Waals surface area contributed by atoms with Gasteiger partial charge in [-0.25, -0.2) is 9.13 Å². The van der Waals surface area contributed by atoms with Gasteiger partial charge in [0, 0.05) is 25.7 Å². The molecular weight excluding hydrogens is 1330 g/mol. The molecule has 0 saturated carbocycles. The fourth-order valence-electron chi connectivity index (χ4n) is 12.9. The van der Waals surface area contributed by atoms with Crippen molar-refractivity contribution in [2.24, 2.45) is 11.8 Å². The van der Waals surface area contributed by atoms with Gasteiger partial charge in [-0.15, -0.1) is 0 Å². The minimum Gasteiger partial charge on any atom is -0.462 e. The lowest BCUT2D eigenvalue weighted by molar-refractivity contribution is -0.161. The van der Waals surface area contributed by atoms with E-state index in [4.69, 9.17) is 37.0 Å². The van der Waals surface area contributed by atoms with Crippen molar-refractivity contribution in [2.45, 2.75) is 458 Å². The quantitative estimate of drug-likeness (QED) is 0.0222. The van der Waals surface area contributed by atoms with Crippen molar-refractivity contribution in [1.29, 1.82) is 0 Å². The van der Waals surface area contributed by atoms with Crippen LogP contribution >= 0.6 is 15.6 Å². The molecule has 102 heavy (non-hydrogen) atoms. The molecule has 0 fully saturated rings. The van der Waals surface area contributed by atoms with E-state index in [9.17, 15) is 43.2 Å². The van der Waals surface area contributed by atoms with Crippen LogP contribution in [0.1, 0.15) is 440 Å². The molecule has 606 valence electrons. The number of carbonyl (C=O) groups is 4. The third kappa shape index (κ3) is 74.9. The minimum atomic E-state index is -4.96. The first kappa shape index (κ1) is 100. The number of phosphoric acid groups is 2. The molecule has 0 spiro atoms. The molecule has 6 atom stereocenters. The number of rotatable bonds is 82. The number of esters is 4. The summed E-state index contributed by atoms with van der Waals surface area (Å²) in [6.07, 6.45) is 65.5. The number of hydrogen-bond donors (Lipinski definition) is 3. The lowest BCUT2D eigenvalue weighted by Gasteiger charge is -2.21. The van der Waals surface area contributed by atoms with Gasteiger partial charge in [0.15, 0.2) is 12.2 Å². The summed E-state index contributed by atoms with van der Waals surface area (Å²) in [5.74, 6) is -0.503. The highest BCUT2D eigenvalue weighted by Gasteiger charge is 2.30. The van der Waals surface area contributed by atoms with Crippen LogP contribution in [-0.4, -0.2) is 96.7 Å². The average Bonchev–Trinajstić information content (AvgIpc) is 0.922. The van der Waals surface area contributed by atoms with Gasteiger partial charge in [-0.3, -0.25) is 37.3 Å². The highest BCUT2D eigenvalue weighted by molar-refractivity contribution is 7.47. The SMILES string of the molecule is CCCCCCCCCCCCCCCCCCCCCCC(=O)OC[C@H](COP(=O)(O)OC[C@@H](O)COP(=O)(O)OC[C@@H](COC(=O)CCCCCCCCCC)OC(=O)CCCCCCCCCCCC(C)C)OC(=O)CCCCCCCCCCCCCCCCCCCCC(C)CC. The van der Waals surface area contributed by atoms with Gasteiger partial charge >= 0.3 is 39.5 Å². The summed E-state index contributed by atoms with van der Waals surface area (Å²) in [7, 11) is -9.92. The monoisotopic (exact) mass is 1490 g/mol. The van der Waals surface area contributed by atoms with Crippen molar-refractivity contribution in [3.63, 3.8) is 0 Å². The first-order chi connectivity index (χ1) is 49.4. The third-order valence-electron chi connectivity index (χ3n) is 19.8. The molecule has 3 unspecified atom stereocenters. The van der Waals surface area contributed by atoms with Gasteiger partial charge in [-0.05, 0) is 37.5 Å². The second kappa shape index (κ2) is 74.5. The maximum absolute atomic E-state index is 13.1. The second-order valence-electron chi connectivity index (χ2n) is 30.6. The van der Waals surface area contributed by atoms with Crippen molar-refractivity contribution in [3.8, 4) is 0 Å². The zero-order valence-electron chi connectivity index (χ0n) is 66.9. The molecule has 0 radical (unpaired) electrons. The molecule has 19 heteroatoms. The second-order valence-corrected chi connectivity index (χ2v) is 33.5. The Labute approximate surface area is 626 Å². The minimum absolute atomic E-state index is 0.105. The van der Waals surface area contributed by atoms with Gasteiger partial charge in [-0.2, -0.15) is 0 Å². The summed E-state index contributed by atoms with van der Waals surface area (Å²) < 4.78 is 68.7. The van der Waals surface area contributed by atoms with Crippen molar-refractivity contribution < 1.29 is 80.2 Å². The molecule has 0 amide bonds. The van der Waals surface area contributed by atoms with Crippen LogP contribution in [0, 0.1) is 11.8 Å². The van der Waals surface area contributed by atoms with Crippen LogP contribution in [-0.2, 0) is 65.4 Å². The maximum atomic E-state index is 13.1. The molecule has 0 aromatic rings. The number of aliphatic hydroxyl groups is 1. The Hall–Kier alpha value is -1.94. The number of hydrogen-bond acceptors (Lipinski definition) is 15. The Balaban J connectivity index is 5.17. The molecule has 0 aromatic heterocycles. The van der Waals surface area contributed by atoms with Crippen LogP contribution in [0.25, 0.3) is 0 Å². The van der Waals surface area contributed by atoms with Crippen LogP contribution in [0.3, 0.4) is 0 Å². The van der Waals surface area contributed by atoms with Gasteiger partial charge in [0.05, 0.1) is 26.4 Å². The molecule has 3 N–H and O–H groups in total. The van der Waals surface area contributed by atoms with Gasteiger partial charge in [-0.1, -0.05) is 388 Å². The van der Waals surface area contributed by atoms with Crippen LogP contribution in [0.4, 0.5) is 0 Å². The molecule has 0 aliphatic rings. The van der Waals surface area contributed by atoms with Gasteiger partial charge in [0.2, 0.25) is 0 Å². The van der Waals surface area contributed by atoms with Crippen LogP contribution < -0.4 is 0 Å². The molecular formula is C83H162O17P2. The molecule has 0 aromatic carbocycles. The maximum Gasteiger partial charge on any atom is 0.472 e. The van der Waals surface area contributed by atoms with Crippen molar-refractivity contribution in [3.05, 3.63) is 0 Å². The van der Waals surface area contributed by atoms with E-state index in [1.54, 1.807) is 0 Å². The predicted molar refractivity (Wildman–Crippen MR) is 418 cm³/mol. The first-order valence-corrected chi connectivity index (χ1v) is 46.0. The highest BCUT2D eigenvalue weighted by atomic mass is 31.2. The summed E-state index contributed by atoms with van der Waals surface area (Å²) in [6, 6.07) is 0. The number of phosphoric ester groups is 2. The van der Waals surface area contributed by atoms with Crippen molar-refractivity contribution >= 4 is 39.5 Å². The lowest BCUT2D eigenvalue weighted by atomic mass is 9.99. The van der Waals surface area contributed by atoms with Crippen LogP contribution in [0.15, 0.2) is 0 Å². The van der Waals surface area contributed by atoms with E-state index in [-0.39, 0.29) is 25.7 Å². The van der Waals surface area contributed by atoms with E-state index in [0.717, 1.165) is 108 Å². The largest absolute Gasteiger partial charge is 0.472 e. The summed E-state index contributed by atoms with van der Waals surface area (Å²) in [5, 5.41) is 10.6. The van der Waals surface area contributed by atoms with Crippen LogP contribution in [0.5, 0.6) is 0 Å². The Bertz CT molecular complexity index is 1960. The standard InChI is InChI=1S/C83H162O17P2/c1-7-10-12-14-16-18-19-20-21-22-23-24-28-31-34-37-42-48-54-60-66-81(86)94-72-79(99-82(87)67-61-55-49-43-38-35-32-29-26-25-27-30-33-36-41-46-52-58-64-76(6)9-3)74-98-102(91,92)96-70-77(84)69-95-101(89,90)97-73-78(71-93-80(85)65-59-53-47-17-15-13-11-8-2)100-83(88)68-62-56-50-44-39-40-45-51-57-63-75(4)5/h75-79,84H,7-74H2,1-6H3,(H,89,90)(H,91,92)/t76?,77-,78+,79+/m0/s1. The average molecular weight is 1490 g/mol. The molecule has 0 bridgehead atoms. The van der Waals surface area contributed by atoms with E-state index in [1.165, 1.54) is 250 Å². The molecule has 17 nitrogen and oxygen atoms in total. The number of aliphatic hydroxyl groups excluding tert-OH is 1. The van der Waals surface area contributed by atoms with Crippen LogP contribution in [0.2, 0.25) is 0 Å². The van der Waals surface area contributed by atoms with E-state index in [0.29, 0.717) is 25.7 Å². The van der Waals surface area contributed by atoms with Gasteiger partial charge in [0.1, 0.15) is 19.3 Å². The topological polar surface area (TPSA) is 237 Å². The zero-order valence-corrected chi connectivity index (χ0v) is 68.7. The molecule has 0 saturated heterocycles. The summed E-state index contributed by atoms with van der Waals surface area (Å²) in [4.78, 5) is 72.9. The Kier molecular flexibility index (Phi) is 73.1. The Morgan fingerprint density at radius 3 is 0.745 bits per heavy atom. The fourth-order valence-corrected chi connectivity index (χ4v) is 14.4. The number of carbonyl (C=O) groups excluding carboxylic acids is 4. The lowest BCUT2D eigenvalue weighted by Crippen LogP contribution is -2.30. The molecule has 0 aliphatic heterocycles. The van der Waals surface area contributed by atoms with Gasteiger partial charge < -0.3 is 33.8 Å². The van der Waals surface area contributed by atoms with E-state index >= 15 is 0 Å². The Morgan fingerprint density at radius 2 is 0.500 bits per heavy atom. The van der Waals surface area contributed by atoms with E-state index in [1.807, 2.05) is 0 Å². The summed E-state index contributed by atoms with van der Waals surface area (Å²) in [6.45, 7) is 9.65. The molecule has 0 rings (SSSR count). The molecule has 0 heterocycles. The summed E-state index contributed by atoms with van der Waals surface area (Å²) >= 11 is 0. The fraction of sp³-hybridized carbons (Fsp3) is 0.952.